The van der Waals surface area contributed by atoms with E-state index in [2.05, 4.69) is 12.6 Å². The van der Waals surface area contributed by atoms with Gasteiger partial charge in [0.05, 0.1) is 6.61 Å². The first-order valence-electron chi connectivity index (χ1n) is 6.23. The van der Waals surface area contributed by atoms with Gasteiger partial charge in [-0.25, -0.2) is 0 Å². The van der Waals surface area contributed by atoms with Crippen LogP contribution in [0.2, 0.25) is 0 Å². The van der Waals surface area contributed by atoms with Crippen molar-refractivity contribution in [3.05, 3.63) is 29.8 Å². The third kappa shape index (κ3) is 3.25. The Hall–Kier alpha value is -0.830. The van der Waals surface area contributed by atoms with E-state index in [1.54, 1.807) is 12.1 Å². The van der Waals surface area contributed by atoms with Crippen LogP contribution in [0.4, 0.5) is 0 Å². The summed E-state index contributed by atoms with van der Waals surface area (Å²) in [5, 5.41) is 38.2. The standard InChI is InChI=1S/C13H18O6S/c14-5-9-10(15)11(16)12(17)13(19-9)18-8-3-1-7(6-20)2-4-8/h1-4,9-17,20H,5-6H2/t9?,10-,11+,12-,13?/m1/s1. The van der Waals surface area contributed by atoms with Crippen molar-refractivity contribution in [2.45, 2.75) is 36.5 Å². The maximum Gasteiger partial charge on any atom is 0.229 e. The van der Waals surface area contributed by atoms with Crippen LogP contribution in [-0.2, 0) is 10.5 Å². The van der Waals surface area contributed by atoms with E-state index in [1.807, 2.05) is 12.1 Å². The lowest BCUT2D eigenvalue weighted by molar-refractivity contribution is -0.277. The van der Waals surface area contributed by atoms with E-state index in [1.165, 1.54) is 0 Å². The van der Waals surface area contributed by atoms with Crippen molar-refractivity contribution >= 4 is 12.6 Å². The number of rotatable bonds is 4. The lowest BCUT2D eigenvalue weighted by atomic mass is 9.99. The number of aliphatic hydroxyl groups is 4. The molecule has 0 radical (unpaired) electrons. The van der Waals surface area contributed by atoms with Crippen LogP contribution in [0.1, 0.15) is 5.56 Å². The van der Waals surface area contributed by atoms with Crippen LogP contribution in [-0.4, -0.2) is 57.7 Å². The Morgan fingerprint density at radius 3 is 2.25 bits per heavy atom. The zero-order valence-corrected chi connectivity index (χ0v) is 11.6. The molecular weight excluding hydrogens is 284 g/mol. The fourth-order valence-corrected chi connectivity index (χ4v) is 2.18. The second-order valence-corrected chi connectivity index (χ2v) is 4.93. The molecule has 2 rings (SSSR count). The Balaban J connectivity index is 2.06. The van der Waals surface area contributed by atoms with E-state index >= 15 is 0 Å². The molecule has 5 atom stereocenters. The number of hydrogen-bond donors (Lipinski definition) is 5. The summed E-state index contributed by atoms with van der Waals surface area (Å²) in [5.74, 6) is 1.04. The first-order valence-corrected chi connectivity index (χ1v) is 6.87. The fourth-order valence-electron chi connectivity index (χ4n) is 1.97. The highest BCUT2D eigenvalue weighted by Gasteiger charge is 2.44. The van der Waals surface area contributed by atoms with Crippen molar-refractivity contribution < 1.29 is 29.9 Å². The molecule has 1 aromatic rings. The minimum atomic E-state index is -1.44. The van der Waals surface area contributed by atoms with Gasteiger partial charge in [-0.05, 0) is 17.7 Å². The fraction of sp³-hybridized carbons (Fsp3) is 0.538. The first-order chi connectivity index (χ1) is 9.56. The van der Waals surface area contributed by atoms with Crippen molar-refractivity contribution in [3.8, 4) is 5.75 Å². The van der Waals surface area contributed by atoms with Crippen LogP contribution >= 0.6 is 12.6 Å². The molecule has 112 valence electrons. The molecule has 0 saturated carbocycles. The van der Waals surface area contributed by atoms with E-state index in [0.29, 0.717) is 11.5 Å². The lowest BCUT2D eigenvalue weighted by Crippen LogP contribution is -2.60. The summed E-state index contributed by atoms with van der Waals surface area (Å²) in [6, 6.07) is 7.00. The van der Waals surface area contributed by atoms with Crippen LogP contribution in [0.15, 0.2) is 24.3 Å². The van der Waals surface area contributed by atoms with E-state index in [4.69, 9.17) is 14.6 Å². The number of ether oxygens (including phenoxy) is 2. The summed E-state index contributed by atoms with van der Waals surface area (Å²) in [5.41, 5.74) is 1.01. The molecule has 1 saturated heterocycles. The molecule has 6 nitrogen and oxygen atoms in total. The second kappa shape index (κ2) is 6.75. The quantitative estimate of drug-likeness (QED) is 0.472. The van der Waals surface area contributed by atoms with E-state index < -0.39 is 37.3 Å². The van der Waals surface area contributed by atoms with Gasteiger partial charge in [0.1, 0.15) is 30.2 Å². The monoisotopic (exact) mass is 302 g/mol. The van der Waals surface area contributed by atoms with Gasteiger partial charge < -0.3 is 29.9 Å². The predicted molar refractivity (Wildman–Crippen MR) is 73.5 cm³/mol. The highest BCUT2D eigenvalue weighted by atomic mass is 32.1. The van der Waals surface area contributed by atoms with Crippen molar-refractivity contribution in [2.75, 3.05) is 6.61 Å². The van der Waals surface area contributed by atoms with E-state index in [-0.39, 0.29) is 0 Å². The molecule has 1 aliphatic rings. The van der Waals surface area contributed by atoms with Gasteiger partial charge in [-0.1, -0.05) is 12.1 Å². The topological polar surface area (TPSA) is 99.4 Å². The third-order valence-electron chi connectivity index (χ3n) is 3.21. The summed E-state index contributed by atoms with van der Waals surface area (Å²) >= 11 is 4.14. The normalized spacial score (nSPS) is 34.0. The number of aliphatic hydroxyl groups excluding tert-OH is 4. The smallest absolute Gasteiger partial charge is 0.229 e. The average Bonchev–Trinajstić information content (AvgIpc) is 2.48. The molecule has 0 amide bonds. The molecule has 2 unspecified atom stereocenters. The van der Waals surface area contributed by atoms with Gasteiger partial charge in [0.15, 0.2) is 0 Å². The van der Waals surface area contributed by atoms with Gasteiger partial charge >= 0.3 is 0 Å². The zero-order valence-electron chi connectivity index (χ0n) is 10.7. The van der Waals surface area contributed by atoms with Crippen LogP contribution < -0.4 is 4.74 Å². The Bertz CT molecular complexity index is 423. The van der Waals surface area contributed by atoms with Crippen molar-refractivity contribution in [3.63, 3.8) is 0 Å². The summed E-state index contributed by atoms with van der Waals surface area (Å²) in [6.45, 7) is -0.483. The number of hydrogen-bond acceptors (Lipinski definition) is 7. The van der Waals surface area contributed by atoms with Crippen LogP contribution in [0.5, 0.6) is 5.75 Å². The predicted octanol–water partition coefficient (Wildman–Crippen LogP) is -0.705. The second-order valence-electron chi connectivity index (χ2n) is 4.62. The minimum absolute atomic E-state index is 0.444. The van der Waals surface area contributed by atoms with Gasteiger partial charge in [0.2, 0.25) is 6.29 Å². The van der Waals surface area contributed by atoms with Crippen LogP contribution in [0.25, 0.3) is 0 Å². The molecule has 0 bridgehead atoms. The molecule has 1 heterocycles. The highest BCUT2D eigenvalue weighted by Crippen LogP contribution is 2.24. The van der Waals surface area contributed by atoms with Crippen molar-refractivity contribution in [1.82, 2.24) is 0 Å². The molecule has 0 aromatic heterocycles. The molecule has 1 aliphatic heterocycles. The van der Waals surface area contributed by atoms with Gasteiger partial charge in [-0.15, -0.1) is 0 Å². The van der Waals surface area contributed by atoms with Gasteiger partial charge in [0, 0.05) is 5.75 Å². The Kier molecular flexibility index (Phi) is 5.25. The van der Waals surface area contributed by atoms with Crippen LogP contribution in [0.3, 0.4) is 0 Å². The third-order valence-corrected chi connectivity index (χ3v) is 3.57. The molecule has 0 spiro atoms. The molecule has 7 heteroatoms. The summed E-state index contributed by atoms with van der Waals surface area (Å²) in [4.78, 5) is 0. The molecule has 20 heavy (non-hydrogen) atoms. The summed E-state index contributed by atoms with van der Waals surface area (Å²) in [6.07, 6.45) is -6.37. The van der Waals surface area contributed by atoms with Crippen LogP contribution in [0, 0.1) is 0 Å². The van der Waals surface area contributed by atoms with E-state index in [9.17, 15) is 15.3 Å². The van der Waals surface area contributed by atoms with Crippen molar-refractivity contribution in [1.29, 1.82) is 0 Å². The van der Waals surface area contributed by atoms with Gasteiger partial charge in [-0.3, -0.25) is 0 Å². The summed E-state index contributed by atoms with van der Waals surface area (Å²) < 4.78 is 10.7. The lowest BCUT2D eigenvalue weighted by Gasteiger charge is -2.39. The molecule has 0 aliphatic carbocycles. The Morgan fingerprint density at radius 2 is 1.70 bits per heavy atom. The van der Waals surface area contributed by atoms with Crippen molar-refractivity contribution in [2.24, 2.45) is 0 Å². The molecule has 1 aromatic carbocycles. The van der Waals surface area contributed by atoms with E-state index in [0.717, 1.165) is 5.56 Å². The minimum Gasteiger partial charge on any atom is -0.462 e. The number of benzene rings is 1. The van der Waals surface area contributed by atoms with Gasteiger partial charge in [0.25, 0.3) is 0 Å². The maximum absolute atomic E-state index is 9.83. The summed E-state index contributed by atoms with van der Waals surface area (Å²) in [7, 11) is 0. The largest absolute Gasteiger partial charge is 0.462 e. The number of thiol groups is 1. The average molecular weight is 302 g/mol. The van der Waals surface area contributed by atoms with Gasteiger partial charge in [-0.2, -0.15) is 12.6 Å². The first kappa shape index (κ1) is 15.6. The SMILES string of the molecule is OCC1OC(Oc2ccc(CS)cc2)[C@H](O)[C@@H](O)[C@@H]1O. The Labute approximate surface area is 122 Å². The Morgan fingerprint density at radius 1 is 1.05 bits per heavy atom. The zero-order chi connectivity index (χ0) is 14.7. The molecule has 4 N–H and O–H groups in total. The maximum atomic E-state index is 9.83. The highest BCUT2D eigenvalue weighted by molar-refractivity contribution is 7.79. The molecule has 1 fully saturated rings. The molecular formula is C13H18O6S.